The number of nitrogens with zero attached hydrogens (tertiary/aromatic N) is 1. The normalized spacial score (nSPS) is 18.7. The minimum Gasteiger partial charge on any atom is -0.321 e. The van der Waals surface area contributed by atoms with Crippen molar-refractivity contribution in [2.45, 2.75) is 42.5 Å². The zero-order valence-electron chi connectivity index (χ0n) is 11.3. The van der Waals surface area contributed by atoms with Crippen LogP contribution < -0.4 is 5.73 Å². The van der Waals surface area contributed by atoms with Crippen LogP contribution in [0.5, 0.6) is 0 Å². The van der Waals surface area contributed by atoms with Crippen molar-refractivity contribution in [1.29, 1.82) is 0 Å². The lowest BCUT2D eigenvalue weighted by Gasteiger charge is -2.33. The van der Waals surface area contributed by atoms with Crippen LogP contribution in [-0.4, -0.2) is 19.6 Å². The van der Waals surface area contributed by atoms with Gasteiger partial charge in [0.2, 0.25) is 0 Å². The van der Waals surface area contributed by atoms with Gasteiger partial charge in [0, 0.05) is 23.4 Å². The molecule has 2 rings (SSSR count). The molecule has 1 aromatic rings. The Labute approximate surface area is 118 Å². The fraction of sp³-hybridized carbons (Fsp3) is 0.538. The minimum absolute atomic E-state index is 0.0487. The summed E-state index contributed by atoms with van der Waals surface area (Å²) in [6.45, 7) is 0. The van der Waals surface area contributed by atoms with Gasteiger partial charge in [0.15, 0.2) is 9.84 Å². The van der Waals surface area contributed by atoms with Crippen LogP contribution in [0.25, 0.3) is 0 Å². The number of rotatable bonds is 3. The fourth-order valence-corrected chi connectivity index (χ4v) is 3.41. The van der Waals surface area contributed by atoms with Crippen molar-refractivity contribution in [3.8, 4) is 0 Å². The zero-order chi connectivity index (χ0) is 15.0. The number of hydrogen-bond acceptors (Lipinski definition) is 5. The van der Waals surface area contributed by atoms with Crippen molar-refractivity contribution in [2.24, 2.45) is 5.73 Å². The maximum absolute atomic E-state index is 11.5. The highest BCUT2D eigenvalue weighted by Crippen LogP contribution is 2.39. The van der Waals surface area contributed by atoms with Crippen LogP contribution in [0, 0.1) is 10.1 Å². The third kappa shape index (κ3) is 2.83. The molecule has 0 aliphatic heterocycles. The summed E-state index contributed by atoms with van der Waals surface area (Å²) in [6, 6.07) is 4.02. The third-order valence-corrected chi connectivity index (χ3v) is 4.99. The van der Waals surface area contributed by atoms with E-state index < -0.39 is 20.3 Å². The van der Waals surface area contributed by atoms with E-state index in [2.05, 4.69) is 0 Å². The molecule has 7 heteroatoms. The molecular weight excluding hydrogens is 280 g/mol. The van der Waals surface area contributed by atoms with Crippen molar-refractivity contribution in [3.63, 3.8) is 0 Å². The lowest BCUT2D eigenvalue weighted by Crippen LogP contribution is -2.39. The molecule has 2 N–H and O–H groups in total. The van der Waals surface area contributed by atoms with Crippen LogP contribution in [0.1, 0.15) is 37.7 Å². The van der Waals surface area contributed by atoms with Gasteiger partial charge in [-0.05, 0) is 25.0 Å². The molecule has 0 spiro atoms. The smallest absolute Gasteiger partial charge is 0.275 e. The van der Waals surface area contributed by atoms with Crippen LogP contribution in [0.2, 0.25) is 0 Å². The predicted molar refractivity (Wildman–Crippen MR) is 75.2 cm³/mol. The second-order valence-corrected chi connectivity index (χ2v) is 7.44. The highest BCUT2D eigenvalue weighted by molar-refractivity contribution is 7.90. The standard InChI is InChI=1S/C13H18N2O4S/c1-20(18,19)10-5-6-11(12(9-10)15(16)17)13(14)7-3-2-4-8-13/h5-6,9H,2-4,7-8,14H2,1H3. The molecular formula is C13H18N2O4S. The van der Waals surface area contributed by atoms with Gasteiger partial charge in [-0.1, -0.05) is 19.3 Å². The first-order valence-electron chi connectivity index (χ1n) is 6.52. The molecule has 6 nitrogen and oxygen atoms in total. The second-order valence-electron chi connectivity index (χ2n) is 5.43. The first-order chi connectivity index (χ1) is 9.24. The summed E-state index contributed by atoms with van der Waals surface area (Å²) in [5.74, 6) is 0. The van der Waals surface area contributed by atoms with Crippen LogP contribution in [0.3, 0.4) is 0 Å². The van der Waals surface area contributed by atoms with E-state index in [4.69, 9.17) is 5.73 Å². The van der Waals surface area contributed by atoms with Crippen LogP contribution in [-0.2, 0) is 15.4 Å². The Kier molecular flexibility index (Phi) is 3.84. The summed E-state index contributed by atoms with van der Waals surface area (Å²) in [7, 11) is -3.47. The Morgan fingerprint density at radius 3 is 2.35 bits per heavy atom. The number of hydrogen-bond donors (Lipinski definition) is 1. The first-order valence-corrected chi connectivity index (χ1v) is 8.41. The molecule has 0 aromatic heterocycles. The molecule has 1 fully saturated rings. The van der Waals surface area contributed by atoms with E-state index in [1.54, 1.807) is 0 Å². The van der Waals surface area contributed by atoms with Gasteiger partial charge in [-0.3, -0.25) is 10.1 Å². The van der Waals surface area contributed by atoms with Gasteiger partial charge in [-0.25, -0.2) is 8.42 Å². The molecule has 1 aromatic carbocycles. The lowest BCUT2D eigenvalue weighted by molar-refractivity contribution is -0.386. The number of nitro groups is 1. The average Bonchev–Trinajstić information content (AvgIpc) is 2.38. The summed E-state index contributed by atoms with van der Waals surface area (Å²) in [6.07, 6.45) is 5.35. The number of sulfone groups is 1. The highest BCUT2D eigenvalue weighted by atomic mass is 32.2. The SMILES string of the molecule is CS(=O)(=O)c1ccc(C2(N)CCCCC2)c([N+](=O)[O-])c1. The molecule has 110 valence electrons. The number of nitrogens with two attached hydrogens (primary N) is 1. The number of benzene rings is 1. The van der Waals surface area contributed by atoms with Gasteiger partial charge in [0.25, 0.3) is 5.69 Å². The van der Waals surface area contributed by atoms with Crippen LogP contribution in [0.4, 0.5) is 5.69 Å². The summed E-state index contributed by atoms with van der Waals surface area (Å²) in [5, 5.41) is 11.2. The van der Waals surface area contributed by atoms with Gasteiger partial charge in [0.05, 0.1) is 9.82 Å². The van der Waals surface area contributed by atoms with E-state index in [1.165, 1.54) is 12.1 Å². The van der Waals surface area contributed by atoms with E-state index in [0.29, 0.717) is 18.4 Å². The van der Waals surface area contributed by atoms with Gasteiger partial charge in [-0.2, -0.15) is 0 Å². The zero-order valence-corrected chi connectivity index (χ0v) is 12.1. The largest absolute Gasteiger partial charge is 0.321 e. The van der Waals surface area contributed by atoms with Crippen LogP contribution in [0.15, 0.2) is 23.1 Å². The fourth-order valence-electron chi connectivity index (χ4n) is 2.77. The van der Waals surface area contributed by atoms with Gasteiger partial charge >= 0.3 is 0 Å². The summed E-state index contributed by atoms with van der Waals surface area (Å²) in [4.78, 5) is 10.6. The van der Waals surface area contributed by atoms with Crippen molar-refractivity contribution in [1.82, 2.24) is 0 Å². The van der Waals surface area contributed by atoms with Crippen molar-refractivity contribution < 1.29 is 13.3 Å². The topological polar surface area (TPSA) is 103 Å². The minimum atomic E-state index is -3.47. The Morgan fingerprint density at radius 2 is 1.85 bits per heavy atom. The third-order valence-electron chi connectivity index (χ3n) is 3.88. The van der Waals surface area contributed by atoms with Crippen molar-refractivity contribution >= 4 is 15.5 Å². The Balaban J connectivity index is 2.56. The van der Waals surface area contributed by atoms with Gasteiger partial charge in [-0.15, -0.1) is 0 Å². The monoisotopic (exact) mass is 298 g/mol. The molecule has 0 heterocycles. The average molecular weight is 298 g/mol. The van der Waals surface area contributed by atoms with Crippen molar-refractivity contribution in [3.05, 3.63) is 33.9 Å². The maximum atomic E-state index is 11.5. The van der Waals surface area contributed by atoms with E-state index in [9.17, 15) is 18.5 Å². The summed E-state index contributed by atoms with van der Waals surface area (Å²) < 4.78 is 23.0. The second kappa shape index (κ2) is 5.14. The first kappa shape index (κ1) is 14.9. The van der Waals surface area contributed by atoms with E-state index >= 15 is 0 Å². The molecule has 0 bridgehead atoms. The molecule has 0 amide bonds. The van der Waals surface area contributed by atoms with Gasteiger partial charge in [0.1, 0.15) is 0 Å². The summed E-state index contributed by atoms with van der Waals surface area (Å²) in [5.41, 5.74) is 5.84. The molecule has 0 unspecified atom stereocenters. The molecule has 1 aliphatic rings. The molecule has 0 atom stereocenters. The van der Waals surface area contributed by atoms with E-state index in [0.717, 1.165) is 31.6 Å². The maximum Gasteiger partial charge on any atom is 0.275 e. The van der Waals surface area contributed by atoms with E-state index in [1.807, 2.05) is 0 Å². The Hall–Kier alpha value is -1.47. The van der Waals surface area contributed by atoms with E-state index in [-0.39, 0.29) is 10.6 Å². The quantitative estimate of drug-likeness (QED) is 0.680. The number of nitro benzene ring substituents is 1. The van der Waals surface area contributed by atoms with Crippen LogP contribution >= 0.6 is 0 Å². The molecule has 0 radical (unpaired) electrons. The predicted octanol–water partition coefficient (Wildman–Crippen LogP) is 2.12. The molecule has 1 aliphatic carbocycles. The summed E-state index contributed by atoms with van der Waals surface area (Å²) >= 11 is 0. The van der Waals surface area contributed by atoms with Gasteiger partial charge < -0.3 is 5.73 Å². The molecule has 1 saturated carbocycles. The Morgan fingerprint density at radius 1 is 1.25 bits per heavy atom. The highest BCUT2D eigenvalue weighted by Gasteiger charge is 2.35. The lowest BCUT2D eigenvalue weighted by atomic mass is 9.77. The Bertz CT molecular complexity index is 634. The molecule has 20 heavy (non-hydrogen) atoms. The van der Waals surface area contributed by atoms with Crippen molar-refractivity contribution in [2.75, 3.05) is 6.26 Å². The molecule has 0 saturated heterocycles.